The summed E-state index contributed by atoms with van der Waals surface area (Å²) in [6.45, 7) is 5.26. The Balaban J connectivity index is 0.000000117. The van der Waals surface area contributed by atoms with Crippen molar-refractivity contribution in [1.82, 2.24) is 63.0 Å². The number of halogens is 2. The lowest BCUT2D eigenvalue weighted by molar-refractivity contribution is 0.485. The van der Waals surface area contributed by atoms with Crippen molar-refractivity contribution in [2.75, 3.05) is 54.0 Å². The van der Waals surface area contributed by atoms with Gasteiger partial charge in [0.25, 0.3) is 0 Å². The van der Waals surface area contributed by atoms with Gasteiger partial charge in [-0.3, -0.25) is 0 Å². The van der Waals surface area contributed by atoms with Crippen molar-refractivity contribution in [3.63, 3.8) is 0 Å². The minimum absolute atomic E-state index is 0.158. The van der Waals surface area contributed by atoms with Gasteiger partial charge in [-0.1, -0.05) is 6.07 Å². The summed E-state index contributed by atoms with van der Waals surface area (Å²) in [6, 6.07) is 19.6. The normalized spacial score (nSPS) is 15.6. The fraction of sp³-hybridized carbons (Fsp3) is 0.314. The van der Waals surface area contributed by atoms with Crippen molar-refractivity contribution >= 4 is 82.3 Å². The van der Waals surface area contributed by atoms with E-state index in [4.69, 9.17) is 15.8 Å². The van der Waals surface area contributed by atoms with E-state index in [9.17, 15) is 0 Å². The molecule has 72 heavy (non-hydrogen) atoms. The van der Waals surface area contributed by atoms with Gasteiger partial charge in [-0.25, -0.2) is 38.0 Å². The lowest BCUT2D eigenvalue weighted by Crippen LogP contribution is -2.34. The average Bonchev–Trinajstić information content (AvgIpc) is 4.31. The van der Waals surface area contributed by atoms with Gasteiger partial charge in [-0.2, -0.15) is 36.2 Å². The van der Waals surface area contributed by atoms with Crippen LogP contribution < -0.4 is 14.7 Å². The fourth-order valence-corrected chi connectivity index (χ4v) is 10.4. The zero-order valence-corrected chi connectivity index (χ0v) is 42.6. The number of aryl methyl sites for hydroxylation is 1. The number of hydrogen-bond donors (Lipinski definition) is 0. The summed E-state index contributed by atoms with van der Waals surface area (Å²) in [5, 5.41) is 45.2. The third-order valence-corrected chi connectivity index (χ3v) is 14.7. The first-order valence-corrected chi connectivity index (χ1v) is 25.4. The topological polar surface area (TPSA) is 207 Å². The molecule has 13 rings (SSSR count). The van der Waals surface area contributed by atoms with Crippen LogP contribution in [0.5, 0.6) is 0 Å². The Morgan fingerprint density at radius 3 is 1.56 bits per heavy atom. The monoisotopic (exact) mass is 1090 g/mol. The zero-order chi connectivity index (χ0) is 49.6. The van der Waals surface area contributed by atoms with Crippen molar-refractivity contribution in [2.24, 2.45) is 24.8 Å². The van der Waals surface area contributed by atoms with Crippen LogP contribution in [-0.4, -0.2) is 102 Å². The van der Waals surface area contributed by atoms with Crippen molar-refractivity contribution < 1.29 is 0 Å². The maximum atomic E-state index is 9.17. The fourth-order valence-electron chi connectivity index (χ4n) is 9.51. The first kappa shape index (κ1) is 47.7. The Hall–Kier alpha value is -7.93. The Morgan fingerprint density at radius 1 is 0.486 bits per heavy atom. The highest BCUT2D eigenvalue weighted by Crippen LogP contribution is 2.34. The second-order valence-electron chi connectivity index (χ2n) is 17.8. The Bertz CT molecular complexity index is 3600. The molecule has 0 aliphatic carbocycles. The molecule has 1 aromatic carbocycles. The molecule has 0 radical (unpaired) electrons. The molecule has 3 fully saturated rings. The summed E-state index contributed by atoms with van der Waals surface area (Å²) in [6.07, 6.45) is 29.2. The van der Waals surface area contributed by atoms with Crippen LogP contribution >= 0.6 is 31.9 Å². The number of aromatic nitrogens is 13. The standard InChI is InChI=1S/C21H20N6.C12H12BrN5.C12H13N5.C6H4BrN3/c1-25-8-6-17-12-16(2-3-19(17)25)18-14-24-27-11-7-23-21(20(18)27)26-9-4-15(13-22)5-10-26;13-10-8-16-18-6-3-15-12(11(10)18)17-4-1-9(7-14)2-5-17;13-9-10-2-6-16(7-3-10)12-11-1-4-15-17(11)8-5-14-12;7-6-5-1-2-9-10(5)4-3-8-6/h2-3,6-8,11-12,14-15H,4-5,9-10H2,1H3;3,6,8-9H,1-2,4-5H2;1,4-5,8,10H,2-3,6-7H2;1-4H. The predicted molar refractivity (Wildman–Crippen MR) is 281 cm³/mol. The van der Waals surface area contributed by atoms with E-state index in [2.05, 4.69) is 147 Å². The van der Waals surface area contributed by atoms with Crippen LogP contribution in [0.25, 0.3) is 44.1 Å². The van der Waals surface area contributed by atoms with Crippen LogP contribution in [0.1, 0.15) is 38.5 Å². The van der Waals surface area contributed by atoms with Gasteiger partial charge < -0.3 is 19.3 Å². The van der Waals surface area contributed by atoms with Gasteiger partial charge in [0.15, 0.2) is 17.5 Å². The molecule has 10 aromatic rings. The molecule has 3 aliphatic heterocycles. The van der Waals surface area contributed by atoms with E-state index in [1.54, 1.807) is 54.1 Å². The van der Waals surface area contributed by atoms with E-state index in [-0.39, 0.29) is 17.8 Å². The quantitative estimate of drug-likeness (QED) is 0.161. The lowest BCUT2D eigenvalue weighted by atomic mass is 9.98. The van der Waals surface area contributed by atoms with Crippen LogP contribution in [-0.2, 0) is 7.05 Å². The van der Waals surface area contributed by atoms with Crippen molar-refractivity contribution in [1.29, 1.82) is 15.8 Å². The molecule has 0 atom stereocenters. The maximum absolute atomic E-state index is 9.17. The number of fused-ring (bicyclic) bond motifs is 5. The average molecular weight is 1090 g/mol. The van der Waals surface area contributed by atoms with Crippen LogP contribution in [0.2, 0.25) is 0 Å². The second kappa shape index (κ2) is 21.6. The van der Waals surface area contributed by atoms with E-state index in [1.807, 2.05) is 50.5 Å². The Kier molecular flexibility index (Phi) is 14.3. The van der Waals surface area contributed by atoms with Gasteiger partial charge in [0.05, 0.1) is 53.0 Å². The molecular weight excluding hydrogens is 1040 g/mol. The molecule has 0 unspecified atom stereocenters. The van der Waals surface area contributed by atoms with Crippen molar-refractivity contribution in [2.45, 2.75) is 38.5 Å². The molecule has 0 N–H and O–H groups in total. The molecule has 0 amide bonds. The summed E-state index contributed by atoms with van der Waals surface area (Å²) in [5.74, 6) is 3.42. The zero-order valence-electron chi connectivity index (χ0n) is 39.4. The van der Waals surface area contributed by atoms with Gasteiger partial charge in [0.2, 0.25) is 0 Å². The highest BCUT2D eigenvalue weighted by Gasteiger charge is 2.25. The molecule has 0 spiro atoms. The number of nitrogens with zero attached hydrogens (tertiary/aromatic N) is 19. The van der Waals surface area contributed by atoms with Crippen LogP contribution in [0.15, 0.2) is 126 Å². The summed E-state index contributed by atoms with van der Waals surface area (Å²) in [4.78, 5) is 24.4. The van der Waals surface area contributed by atoms with E-state index in [0.29, 0.717) is 0 Å². The van der Waals surface area contributed by atoms with Gasteiger partial charge in [-0.15, -0.1) is 0 Å². The molecule has 9 aromatic heterocycles. The first-order valence-electron chi connectivity index (χ1n) is 23.8. The molecule has 0 bridgehead atoms. The number of piperidine rings is 3. The maximum Gasteiger partial charge on any atom is 0.155 e. The third-order valence-electron chi connectivity index (χ3n) is 13.5. The van der Waals surface area contributed by atoms with Crippen molar-refractivity contribution in [3.8, 4) is 29.3 Å². The highest BCUT2D eigenvalue weighted by molar-refractivity contribution is 9.11. The number of nitriles is 3. The third kappa shape index (κ3) is 10.0. The Morgan fingerprint density at radius 2 is 0.972 bits per heavy atom. The molecule has 12 heterocycles. The van der Waals surface area contributed by atoms with E-state index in [0.717, 1.165) is 138 Å². The lowest BCUT2D eigenvalue weighted by Gasteiger charge is -2.30. The summed E-state index contributed by atoms with van der Waals surface area (Å²) in [7, 11) is 2.06. The molecule has 21 heteroatoms. The molecule has 362 valence electrons. The minimum Gasteiger partial charge on any atom is -0.355 e. The van der Waals surface area contributed by atoms with Gasteiger partial charge in [-0.05, 0) is 106 Å². The molecular formula is C51H49Br2N19. The van der Waals surface area contributed by atoms with Crippen LogP contribution in [0.3, 0.4) is 0 Å². The van der Waals surface area contributed by atoms with E-state index in [1.165, 1.54) is 10.9 Å². The van der Waals surface area contributed by atoms with Crippen LogP contribution in [0, 0.1) is 51.7 Å². The summed E-state index contributed by atoms with van der Waals surface area (Å²) in [5.41, 5.74) is 7.49. The summed E-state index contributed by atoms with van der Waals surface area (Å²) >= 11 is 6.81. The number of benzene rings is 1. The minimum atomic E-state index is 0.158. The van der Waals surface area contributed by atoms with Gasteiger partial charge in [0.1, 0.15) is 21.2 Å². The Labute approximate surface area is 431 Å². The summed E-state index contributed by atoms with van der Waals surface area (Å²) < 4.78 is 11.2. The smallest absolute Gasteiger partial charge is 0.155 e. The van der Waals surface area contributed by atoms with Gasteiger partial charge in [0, 0.05) is 136 Å². The number of rotatable bonds is 4. The number of anilines is 3. The second-order valence-corrected chi connectivity index (χ2v) is 19.4. The van der Waals surface area contributed by atoms with Crippen LogP contribution in [0.4, 0.5) is 17.5 Å². The molecule has 19 nitrogen and oxygen atoms in total. The SMILES string of the molecule is Brc1nccn2nccc12.Cn1ccc2cc(-c3cnn4ccnc(N5CCC(C#N)CC5)c34)ccc21.N#CC1CCN(c2nccn3ncc(Br)c23)CC1.N#CC1CCN(c2nccn3nccc23)CC1. The molecule has 0 saturated carbocycles. The molecule has 3 saturated heterocycles. The van der Waals surface area contributed by atoms with Gasteiger partial charge >= 0.3 is 0 Å². The predicted octanol–water partition coefficient (Wildman–Crippen LogP) is 8.82. The van der Waals surface area contributed by atoms with E-state index < -0.39 is 0 Å². The highest BCUT2D eigenvalue weighted by atomic mass is 79.9. The van der Waals surface area contributed by atoms with E-state index >= 15 is 0 Å². The first-order chi connectivity index (χ1) is 35.3. The molecule has 3 aliphatic rings. The number of hydrogen-bond acceptors (Lipinski definition) is 14. The largest absolute Gasteiger partial charge is 0.355 e. The van der Waals surface area contributed by atoms with Crippen molar-refractivity contribution in [3.05, 3.63) is 126 Å².